The van der Waals surface area contributed by atoms with E-state index in [1.54, 1.807) is 0 Å². The quantitative estimate of drug-likeness (QED) is 0.295. The van der Waals surface area contributed by atoms with Crippen LogP contribution in [0.3, 0.4) is 0 Å². The van der Waals surface area contributed by atoms with Crippen LogP contribution in [0.25, 0.3) is 5.57 Å². The Kier molecular flexibility index (Phi) is 4.79. The van der Waals surface area contributed by atoms with Crippen LogP contribution in [0.2, 0.25) is 0 Å². The smallest absolute Gasteiger partial charge is 0.396 e. The van der Waals surface area contributed by atoms with Gasteiger partial charge in [-0.1, -0.05) is 66.4 Å². The second-order valence-electron chi connectivity index (χ2n) is 5.84. The maximum Gasteiger partial charge on any atom is 0.396 e. The Morgan fingerprint density at radius 2 is 1.38 bits per heavy atom. The van der Waals surface area contributed by atoms with E-state index < -0.39 is 0 Å². The largest absolute Gasteiger partial charge is 0.399 e. The molecule has 0 spiro atoms. The Morgan fingerprint density at radius 1 is 0.846 bits per heavy atom. The van der Waals surface area contributed by atoms with Crippen molar-refractivity contribution in [2.24, 2.45) is 0 Å². The summed E-state index contributed by atoms with van der Waals surface area (Å²) in [6.07, 6.45) is 0. The summed E-state index contributed by atoms with van der Waals surface area (Å²) in [4.78, 5) is 3.21. The lowest BCUT2D eigenvalue weighted by atomic mass is 9.91. The number of hydrogen-bond donors (Lipinski definition) is 0. The minimum absolute atomic E-state index is 0.365. The van der Waals surface area contributed by atoms with Gasteiger partial charge in [0.25, 0.3) is 0 Å². The predicted octanol–water partition coefficient (Wildman–Crippen LogP) is 6.50. The van der Waals surface area contributed by atoms with Crippen molar-refractivity contribution in [2.45, 2.75) is 4.90 Å². The van der Waals surface area contributed by atoms with Crippen LogP contribution in [0.15, 0.2) is 88.8 Å². The van der Waals surface area contributed by atoms with Gasteiger partial charge in [-0.25, -0.2) is 4.57 Å². The number of benzene rings is 3. The lowest BCUT2D eigenvalue weighted by Crippen LogP contribution is -2.18. The zero-order valence-corrected chi connectivity index (χ0v) is 15.8. The third kappa shape index (κ3) is 3.03. The molecule has 3 nitrogen and oxygen atoms in total. The molecule has 0 aliphatic carbocycles. The van der Waals surface area contributed by atoms with Crippen molar-refractivity contribution in [2.75, 3.05) is 11.9 Å². The lowest BCUT2D eigenvalue weighted by Gasteiger charge is -2.32. The zero-order valence-electron chi connectivity index (χ0n) is 14.1. The highest BCUT2D eigenvalue weighted by atomic mass is 32.2. The van der Waals surface area contributed by atoms with Gasteiger partial charge in [0.15, 0.2) is 5.09 Å². The summed E-state index contributed by atoms with van der Waals surface area (Å²) in [6.45, 7) is 0. The van der Waals surface area contributed by atoms with E-state index in [0.717, 1.165) is 33.0 Å². The van der Waals surface area contributed by atoms with Crippen LogP contribution in [0.5, 0.6) is 0 Å². The SMILES string of the molecule is CN1c2ccccc2C(=C(OP=O)Sc2ccccc2)c2ccccc21. The number of fused-ring (bicyclic) bond motifs is 2. The van der Waals surface area contributed by atoms with Gasteiger partial charge in [-0.2, -0.15) is 0 Å². The monoisotopic (exact) mass is 377 g/mol. The van der Waals surface area contributed by atoms with E-state index in [-0.39, 0.29) is 8.69 Å². The highest BCUT2D eigenvalue weighted by molar-refractivity contribution is 8.03. The first-order valence-electron chi connectivity index (χ1n) is 8.19. The van der Waals surface area contributed by atoms with Crippen molar-refractivity contribution in [3.05, 3.63) is 95.1 Å². The Morgan fingerprint density at radius 3 is 1.96 bits per heavy atom. The van der Waals surface area contributed by atoms with Crippen LogP contribution in [0, 0.1) is 0 Å². The maximum atomic E-state index is 11.4. The molecule has 3 aromatic carbocycles. The van der Waals surface area contributed by atoms with E-state index in [2.05, 4.69) is 36.2 Å². The van der Waals surface area contributed by atoms with Gasteiger partial charge in [-0.15, -0.1) is 0 Å². The van der Waals surface area contributed by atoms with Crippen molar-refractivity contribution < 1.29 is 9.09 Å². The normalized spacial score (nSPS) is 12.5. The van der Waals surface area contributed by atoms with Crippen molar-refractivity contribution in [3.8, 4) is 0 Å². The average molecular weight is 377 g/mol. The highest BCUT2D eigenvalue weighted by Gasteiger charge is 2.27. The van der Waals surface area contributed by atoms with Gasteiger partial charge in [0.1, 0.15) is 0 Å². The highest BCUT2D eigenvalue weighted by Crippen LogP contribution is 2.48. The fourth-order valence-corrected chi connectivity index (χ4v) is 4.42. The Bertz CT molecular complexity index is 939. The summed E-state index contributed by atoms with van der Waals surface area (Å²) in [7, 11) is 1.70. The molecular formula is C21H16NO2PS. The van der Waals surface area contributed by atoms with Gasteiger partial charge in [-0.05, 0) is 24.3 Å². The minimum Gasteiger partial charge on any atom is -0.399 e. The molecule has 0 unspecified atom stereocenters. The van der Waals surface area contributed by atoms with Gasteiger partial charge in [-0.3, -0.25) is 0 Å². The average Bonchev–Trinajstić information content (AvgIpc) is 2.69. The maximum absolute atomic E-state index is 11.4. The van der Waals surface area contributed by atoms with Crippen LogP contribution in [0.4, 0.5) is 11.4 Å². The van der Waals surface area contributed by atoms with Gasteiger partial charge in [0.05, 0.1) is 0 Å². The van der Waals surface area contributed by atoms with Gasteiger partial charge >= 0.3 is 8.69 Å². The molecule has 1 aliphatic heterocycles. The van der Waals surface area contributed by atoms with Crippen molar-refractivity contribution in [1.82, 2.24) is 0 Å². The van der Waals surface area contributed by atoms with E-state index >= 15 is 0 Å². The molecular weight excluding hydrogens is 361 g/mol. The second kappa shape index (κ2) is 7.36. The first-order chi connectivity index (χ1) is 12.8. The zero-order chi connectivity index (χ0) is 17.9. The van der Waals surface area contributed by atoms with Gasteiger partial charge in [0.2, 0.25) is 0 Å². The third-order valence-corrected chi connectivity index (χ3v) is 5.71. The lowest BCUT2D eigenvalue weighted by molar-refractivity contribution is 0.474. The number of thioether (sulfide) groups is 1. The molecule has 3 aromatic rings. The fraction of sp³-hybridized carbons (Fsp3) is 0.0476. The molecule has 0 bridgehead atoms. The summed E-state index contributed by atoms with van der Waals surface area (Å²) in [5.41, 5.74) is 5.29. The van der Waals surface area contributed by atoms with Crippen LogP contribution in [0.1, 0.15) is 11.1 Å². The molecule has 0 aromatic heterocycles. The van der Waals surface area contributed by atoms with Crippen LogP contribution >= 0.6 is 20.4 Å². The Labute approximate surface area is 158 Å². The summed E-state index contributed by atoms with van der Waals surface area (Å²) in [5.74, 6) is 0. The van der Waals surface area contributed by atoms with Gasteiger partial charge in [0, 0.05) is 40.0 Å². The molecule has 0 radical (unpaired) electrons. The molecule has 0 atom stereocenters. The third-order valence-electron chi connectivity index (χ3n) is 4.35. The molecule has 5 heteroatoms. The van der Waals surface area contributed by atoms with Crippen molar-refractivity contribution in [1.29, 1.82) is 0 Å². The summed E-state index contributed by atoms with van der Waals surface area (Å²) < 4.78 is 16.9. The second-order valence-corrected chi connectivity index (χ2v) is 7.21. The van der Waals surface area contributed by atoms with E-state index in [0.29, 0.717) is 5.09 Å². The molecule has 26 heavy (non-hydrogen) atoms. The standard InChI is InChI=1S/C21H16NO2PS/c1-22-18-13-7-5-11-16(18)20(17-12-6-8-14-19(17)22)21(24-25-23)26-15-9-3-2-4-10-15/h2-14H,1H3. The number of para-hydroxylation sites is 2. The molecule has 0 saturated heterocycles. The number of rotatable bonds is 4. The first kappa shape index (κ1) is 16.9. The van der Waals surface area contributed by atoms with Crippen molar-refractivity contribution in [3.63, 3.8) is 0 Å². The number of hydrogen-bond acceptors (Lipinski definition) is 4. The van der Waals surface area contributed by atoms with Crippen LogP contribution < -0.4 is 4.90 Å². The van der Waals surface area contributed by atoms with E-state index in [4.69, 9.17) is 4.52 Å². The summed E-state index contributed by atoms with van der Waals surface area (Å²) in [5, 5.41) is 0.626. The molecule has 0 N–H and O–H groups in total. The molecule has 1 aliphatic rings. The summed E-state index contributed by atoms with van der Waals surface area (Å²) >= 11 is 1.48. The van der Waals surface area contributed by atoms with E-state index in [1.807, 2.05) is 54.6 Å². The fourth-order valence-electron chi connectivity index (χ4n) is 3.19. The predicted molar refractivity (Wildman–Crippen MR) is 108 cm³/mol. The molecule has 1 heterocycles. The summed E-state index contributed by atoms with van der Waals surface area (Å²) in [6, 6.07) is 26.4. The first-order valence-corrected chi connectivity index (χ1v) is 9.73. The van der Waals surface area contributed by atoms with Crippen molar-refractivity contribution >= 4 is 37.4 Å². The Hall–Kier alpha value is -2.55. The van der Waals surface area contributed by atoms with E-state index in [9.17, 15) is 4.57 Å². The number of anilines is 2. The van der Waals surface area contributed by atoms with Crippen LogP contribution in [-0.4, -0.2) is 7.05 Å². The topological polar surface area (TPSA) is 29.5 Å². The number of nitrogens with zero attached hydrogens (tertiary/aromatic N) is 1. The molecule has 0 saturated carbocycles. The van der Waals surface area contributed by atoms with Gasteiger partial charge < -0.3 is 9.42 Å². The van der Waals surface area contributed by atoms with Crippen LogP contribution in [-0.2, 0) is 9.09 Å². The van der Waals surface area contributed by atoms with E-state index in [1.165, 1.54) is 11.8 Å². The molecule has 128 valence electrons. The minimum atomic E-state index is -0.365. The molecule has 0 amide bonds. The Balaban J connectivity index is 1.96. The molecule has 4 rings (SSSR count). The molecule has 0 fully saturated rings.